The number of amidine groups is 1. The summed E-state index contributed by atoms with van der Waals surface area (Å²) in [5.41, 5.74) is 2.42. The zero-order valence-corrected chi connectivity index (χ0v) is 15.0. The van der Waals surface area contributed by atoms with E-state index in [0.29, 0.717) is 17.9 Å². The lowest BCUT2D eigenvalue weighted by Crippen LogP contribution is -2.50. The fraction of sp³-hybridized carbons (Fsp3) is 0.688. The Morgan fingerprint density at radius 3 is 2.53 bits per heavy atom. The van der Waals surface area contributed by atoms with Crippen molar-refractivity contribution in [3.8, 4) is 0 Å². The van der Waals surface area contributed by atoms with Gasteiger partial charge in [0.25, 0.3) is 0 Å². The summed E-state index contributed by atoms with van der Waals surface area (Å²) in [7, 11) is 0. The second-order valence-electron chi connectivity index (χ2n) is 6.09. The minimum atomic E-state index is 0.473. The Balaban J connectivity index is 2.91. The third-order valence-corrected chi connectivity index (χ3v) is 5.03. The molecule has 1 aliphatic rings. The largest absolute Gasteiger partial charge is 0.353 e. The standard InChI is InChI=1S/C16H27IN2/c1-10(2)16-11(3)7-8-15(18)19(16)9-12(4)13(5)14(6)17/h10-11,16,18H,4,7-9H2,1-3,5-6H3/b14-13-,18-15?/t11-,16-/m1/s1. The van der Waals surface area contributed by atoms with Gasteiger partial charge in [0.2, 0.25) is 0 Å². The van der Waals surface area contributed by atoms with Crippen molar-refractivity contribution >= 4 is 28.4 Å². The lowest BCUT2D eigenvalue weighted by molar-refractivity contribution is 0.161. The molecule has 1 fully saturated rings. The minimum Gasteiger partial charge on any atom is -0.353 e. The number of nitrogens with zero attached hydrogens (tertiary/aromatic N) is 1. The van der Waals surface area contributed by atoms with Crippen LogP contribution in [0.1, 0.15) is 47.5 Å². The highest BCUT2D eigenvalue weighted by atomic mass is 127. The van der Waals surface area contributed by atoms with E-state index in [1.807, 2.05) is 0 Å². The molecule has 1 N–H and O–H groups in total. The van der Waals surface area contributed by atoms with Crippen LogP contribution < -0.4 is 0 Å². The van der Waals surface area contributed by atoms with Crippen molar-refractivity contribution in [1.29, 1.82) is 5.41 Å². The van der Waals surface area contributed by atoms with Gasteiger partial charge < -0.3 is 4.90 Å². The number of rotatable bonds is 4. The molecule has 0 unspecified atom stereocenters. The summed E-state index contributed by atoms with van der Waals surface area (Å²) >= 11 is 2.35. The number of halogens is 1. The number of piperidine rings is 1. The zero-order valence-electron chi connectivity index (χ0n) is 12.9. The molecule has 1 heterocycles. The number of allylic oxidation sites excluding steroid dienone is 1. The van der Waals surface area contributed by atoms with Crippen molar-refractivity contribution in [2.75, 3.05) is 6.54 Å². The Morgan fingerprint density at radius 2 is 2.05 bits per heavy atom. The van der Waals surface area contributed by atoms with E-state index >= 15 is 0 Å². The maximum absolute atomic E-state index is 8.27. The second-order valence-corrected chi connectivity index (χ2v) is 7.71. The quantitative estimate of drug-likeness (QED) is 0.544. The molecule has 1 saturated heterocycles. The van der Waals surface area contributed by atoms with Crippen molar-refractivity contribution in [2.24, 2.45) is 11.8 Å². The van der Waals surface area contributed by atoms with Gasteiger partial charge in [-0.1, -0.05) is 27.4 Å². The Morgan fingerprint density at radius 1 is 1.47 bits per heavy atom. The molecule has 1 aliphatic heterocycles. The Kier molecular flexibility index (Phi) is 6.09. The predicted molar refractivity (Wildman–Crippen MR) is 93.0 cm³/mol. The molecule has 0 bridgehead atoms. The van der Waals surface area contributed by atoms with Gasteiger partial charge in [0.15, 0.2) is 0 Å². The Bertz CT molecular complexity index is 392. The van der Waals surface area contributed by atoms with Gasteiger partial charge in [-0.15, -0.1) is 0 Å². The van der Waals surface area contributed by atoms with Crippen molar-refractivity contribution in [1.82, 2.24) is 4.90 Å². The van der Waals surface area contributed by atoms with Crippen LogP contribution in [0, 0.1) is 17.2 Å². The van der Waals surface area contributed by atoms with Gasteiger partial charge in [0, 0.05) is 19.0 Å². The SMILES string of the molecule is C=C(CN1C(=N)CC[C@@H](C)[C@H]1C(C)C)/C(C)=C(/C)I. The lowest BCUT2D eigenvalue weighted by atomic mass is 9.83. The molecule has 0 radical (unpaired) electrons. The summed E-state index contributed by atoms with van der Waals surface area (Å²) < 4.78 is 1.29. The monoisotopic (exact) mass is 374 g/mol. The smallest absolute Gasteiger partial charge is 0.0963 e. The fourth-order valence-corrected chi connectivity index (χ4v) is 3.33. The van der Waals surface area contributed by atoms with Crippen molar-refractivity contribution in [3.05, 3.63) is 21.3 Å². The first-order chi connectivity index (χ1) is 8.75. The summed E-state index contributed by atoms with van der Waals surface area (Å²) in [5.74, 6) is 2.03. The van der Waals surface area contributed by atoms with E-state index in [0.717, 1.165) is 30.8 Å². The molecule has 0 aromatic carbocycles. The fourth-order valence-electron chi connectivity index (χ4n) is 2.95. The van der Waals surface area contributed by atoms with Crippen LogP contribution in [0.3, 0.4) is 0 Å². The molecular weight excluding hydrogens is 347 g/mol. The Hall–Kier alpha value is -0.320. The molecule has 0 aromatic heterocycles. The first-order valence-electron chi connectivity index (χ1n) is 7.10. The first kappa shape index (κ1) is 16.7. The molecule has 0 aromatic rings. The van der Waals surface area contributed by atoms with Gasteiger partial charge in [-0.25, -0.2) is 0 Å². The van der Waals surface area contributed by atoms with Gasteiger partial charge in [0.05, 0.1) is 5.84 Å². The number of likely N-dealkylation sites (tertiary alicyclic amines) is 1. The molecule has 2 atom stereocenters. The molecule has 0 spiro atoms. The van der Waals surface area contributed by atoms with E-state index in [1.165, 1.54) is 9.15 Å². The number of hydrogen-bond donors (Lipinski definition) is 1. The van der Waals surface area contributed by atoms with E-state index in [2.05, 4.69) is 68.7 Å². The van der Waals surface area contributed by atoms with E-state index in [9.17, 15) is 0 Å². The molecule has 2 nitrogen and oxygen atoms in total. The van der Waals surface area contributed by atoms with Crippen molar-refractivity contribution in [2.45, 2.75) is 53.5 Å². The molecule has 19 heavy (non-hydrogen) atoms. The highest BCUT2D eigenvalue weighted by Gasteiger charge is 2.33. The van der Waals surface area contributed by atoms with Crippen LogP contribution in [0.5, 0.6) is 0 Å². The van der Waals surface area contributed by atoms with Gasteiger partial charge >= 0.3 is 0 Å². The van der Waals surface area contributed by atoms with E-state index in [4.69, 9.17) is 5.41 Å². The molecule has 1 rings (SSSR count). The van der Waals surface area contributed by atoms with Crippen LogP contribution in [-0.2, 0) is 0 Å². The predicted octanol–water partition coefficient (Wildman–Crippen LogP) is 5.01. The molecular formula is C16H27IN2. The third kappa shape index (κ3) is 4.07. The average molecular weight is 374 g/mol. The first-order valence-corrected chi connectivity index (χ1v) is 8.18. The summed E-state index contributed by atoms with van der Waals surface area (Å²) in [6, 6.07) is 0.473. The second kappa shape index (κ2) is 6.91. The topological polar surface area (TPSA) is 27.1 Å². The summed E-state index contributed by atoms with van der Waals surface area (Å²) in [6.07, 6.45) is 2.05. The van der Waals surface area contributed by atoms with E-state index < -0.39 is 0 Å². The third-order valence-electron chi connectivity index (χ3n) is 4.22. The Labute approximate surface area is 132 Å². The van der Waals surface area contributed by atoms with Crippen LogP contribution in [0.4, 0.5) is 0 Å². The molecule has 0 aliphatic carbocycles. The van der Waals surface area contributed by atoms with Gasteiger partial charge in [-0.3, -0.25) is 5.41 Å². The van der Waals surface area contributed by atoms with Crippen LogP contribution >= 0.6 is 22.6 Å². The van der Waals surface area contributed by atoms with Crippen molar-refractivity contribution < 1.29 is 0 Å². The van der Waals surface area contributed by atoms with Gasteiger partial charge in [0.1, 0.15) is 0 Å². The molecule has 0 amide bonds. The van der Waals surface area contributed by atoms with Crippen molar-refractivity contribution in [3.63, 3.8) is 0 Å². The molecule has 3 heteroatoms. The molecule has 0 saturated carbocycles. The van der Waals surface area contributed by atoms with Crippen LogP contribution in [-0.4, -0.2) is 23.3 Å². The average Bonchev–Trinajstić information content (AvgIpc) is 2.32. The normalized spacial score (nSPS) is 25.6. The number of nitrogens with one attached hydrogen (secondary N) is 1. The van der Waals surface area contributed by atoms with Crippen LogP contribution in [0.15, 0.2) is 21.3 Å². The summed E-state index contributed by atoms with van der Waals surface area (Å²) in [5, 5.41) is 8.27. The van der Waals surface area contributed by atoms with Crippen LogP contribution in [0.2, 0.25) is 0 Å². The number of hydrogen-bond acceptors (Lipinski definition) is 1. The van der Waals surface area contributed by atoms with Crippen LogP contribution in [0.25, 0.3) is 0 Å². The maximum atomic E-state index is 8.27. The van der Waals surface area contributed by atoms with Gasteiger partial charge in [-0.2, -0.15) is 0 Å². The highest BCUT2D eigenvalue weighted by Crippen LogP contribution is 2.31. The van der Waals surface area contributed by atoms with E-state index in [1.54, 1.807) is 0 Å². The summed E-state index contributed by atoms with van der Waals surface area (Å²) in [4.78, 5) is 2.28. The maximum Gasteiger partial charge on any atom is 0.0963 e. The minimum absolute atomic E-state index is 0.473. The highest BCUT2D eigenvalue weighted by molar-refractivity contribution is 14.1. The van der Waals surface area contributed by atoms with Gasteiger partial charge in [-0.05, 0) is 69.4 Å². The molecule has 108 valence electrons. The summed E-state index contributed by atoms with van der Waals surface area (Å²) in [6.45, 7) is 16.1. The zero-order chi connectivity index (χ0) is 14.7. The lowest BCUT2D eigenvalue weighted by Gasteiger charge is -2.44. The van der Waals surface area contributed by atoms with E-state index in [-0.39, 0.29) is 0 Å².